The smallest absolute Gasteiger partial charge is 0.406 e. The summed E-state index contributed by atoms with van der Waals surface area (Å²) < 4.78 is 167. The van der Waals surface area contributed by atoms with Crippen LogP contribution in [0.25, 0.3) is 0 Å². The quantitative estimate of drug-likeness (QED) is 0.0694. The van der Waals surface area contributed by atoms with Gasteiger partial charge in [-0.1, -0.05) is 72.8 Å². The van der Waals surface area contributed by atoms with E-state index in [1.807, 2.05) is 107 Å². The van der Waals surface area contributed by atoms with Crippen molar-refractivity contribution in [3.8, 4) is 17.6 Å². The first-order chi connectivity index (χ1) is 34.5. The van der Waals surface area contributed by atoms with Gasteiger partial charge in [0.2, 0.25) is 20.0 Å². The monoisotopic (exact) mass is 1070 g/mol. The van der Waals surface area contributed by atoms with Crippen LogP contribution in [-0.4, -0.2) is 76.5 Å². The van der Waals surface area contributed by atoms with Gasteiger partial charge in [0.15, 0.2) is 0 Å². The van der Waals surface area contributed by atoms with Gasteiger partial charge < -0.3 is 19.3 Å². The highest BCUT2D eigenvalue weighted by atomic mass is 32.2. The Labute approximate surface area is 419 Å². The Morgan fingerprint density at radius 2 is 0.849 bits per heavy atom. The molecule has 0 saturated heterocycles. The number of para-hydroxylation sites is 4. The molecular formula is C50H47F6N5O9S3. The van der Waals surface area contributed by atoms with Crippen molar-refractivity contribution in [3.63, 3.8) is 0 Å². The van der Waals surface area contributed by atoms with Gasteiger partial charge in [-0.05, 0) is 121 Å². The minimum absolute atomic E-state index is 0.00196. The maximum atomic E-state index is 12.8. The first-order valence-electron chi connectivity index (χ1n) is 22.3. The van der Waals surface area contributed by atoms with E-state index in [0.717, 1.165) is 125 Å². The van der Waals surface area contributed by atoms with Crippen molar-refractivity contribution in [1.29, 1.82) is 5.26 Å². The lowest BCUT2D eigenvalue weighted by Gasteiger charge is -2.30. The number of nitrogens with one attached hydrogen (secondary N) is 2. The van der Waals surface area contributed by atoms with Gasteiger partial charge in [-0.3, -0.25) is 4.18 Å². The number of hydrogen-bond acceptors (Lipinski definition) is 12. The topological polar surface area (TPSA) is 184 Å². The lowest BCUT2D eigenvalue weighted by molar-refractivity contribution is -0.275. The highest BCUT2D eigenvalue weighted by Crippen LogP contribution is 2.38. The molecule has 0 aliphatic carbocycles. The van der Waals surface area contributed by atoms with Gasteiger partial charge in [0.25, 0.3) is 10.1 Å². The molecule has 0 radical (unpaired) electrons. The van der Waals surface area contributed by atoms with Crippen molar-refractivity contribution < 1.29 is 65.3 Å². The Morgan fingerprint density at radius 3 is 1.18 bits per heavy atom. The summed E-state index contributed by atoms with van der Waals surface area (Å²) >= 11 is 0. The fourth-order valence-corrected chi connectivity index (χ4v) is 11.1. The van der Waals surface area contributed by atoms with Gasteiger partial charge in [0.05, 0.1) is 34.6 Å². The molecule has 14 nitrogen and oxygen atoms in total. The molecule has 0 spiro atoms. The van der Waals surface area contributed by atoms with Crippen molar-refractivity contribution in [2.75, 3.05) is 42.2 Å². The number of halogens is 6. The second kappa shape index (κ2) is 22.6. The molecule has 6 aromatic rings. The molecule has 0 bridgehead atoms. The Morgan fingerprint density at radius 1 is 0.521 bits per heavy atom. The van der Waals surface area contributed by atoms with E-state index in [1.54, 1.807) is 0 Å². The molecule has 2 unspecified atom stereocenters. The first kappa shape index (κ1) is 54.1. The van der Waals surface area contributed by atoms with Gasteiger partial charge in [-0.15, -0.1) is 26.3 Å². The molecule has 2 N–H and O–H groups in total. The number of nitriles is 1. The number of anilines is 4. The largest absolute Gasteiger partial charge is 0.573 e. The van der Waals surface area contributed by atoms with Crippen LogP contribution in [0.3, 0.4) is 0 Å². The molecule has 2 aliphatic heterocycles. The number of alkyl halides is 6. The van der Waals surface area contributed by atoms with Gasteiger partial charge >= 0.3 is 12.7 Å². The van der Waals surface area contributed by atoms with Crippen LogP contribution >= 0.6 is 0 Å². The first-order valence-corrected chi connectivity index (χ1v) is 27.1. The van der Waals surface area contributed by atoms with E-state index in [1.165, 1.54) is 0 Å². The highest BCUT2D eigenvalue weighted by molar-refractivity contribution is 7.89. The number of aryl methyl sites for hydroxylation is 4. The zero-order valence-electron chi connectivity index (χ0n) is 38.7. The number of benzene rings is 6. The third kappa shape index (κ3) is 15.0. The highest BCUT2D eigenvalue weighted by Gasteiger charge is 2.33. The zero-order chi connectivity index (χ0) is 52.6. The molecule has 2 heterocycles. The average Bonchev–Trinajstić information content (AvgIpc) is 3.59. The van der Waals surface area contributed by atoms with Gasteiger partial charge in [0.1, 0.15) is 17.6 Å². The van der Waals surface area contributed by atoms with Crippen LogP contribution in [0.4, 0.5) is 49.1 Å². The van der Waals surface area contributed by atoms with E-state index in [4.69, 9.17) is 4.18 Å². The van der Waals surface area contributed by atoms with E-state index < -0.39 is 73.0 Å². The Kier molecular flexibility index (Phi) is 16.8. The fourth-order valence-electron chi connectivity index (χ4n) is 8.31. The minimum Gasteiger partial charge on any atom is -0.406 e. The number of ether oxygens (including phenoxy) is 2. The second-order valence-corrected chi connectivity index (χ2v) is 21.9. The molecule has 2 aliphatic rings. The SMILES string of the molecule is CS(=O)(=O)OC(CNS(=O)(=O)c1ccc(OC(F)(F)F)cc1)CN1c2ccccc2CCc2ccccc21.N#CC(CNS(=O)(=O)c1ccc(OC(F)(F)F)cc1)CN1c2ccccc2CCc2ccccc21. The number of sulfonamides is 2. The molecule has 6 aromatic carbocycles. The van der Waals surface area contributed by atoms with Crippen molar-refractivity contribution in [3.05, 3.63) is 168 Å². The maximum absolute atomic E-state index is 12.8. The number of rotatable bonds is 16. The lowest BCUT2D eigenvalue weighted by atomic mass is 10.0. The zero-order valence-corrected chi connectivity index (χ0v) is 41.1. The number of nitrogens with zero attached hydrogens (tertiary/aromatic N) is 3. The Balaban J connectivity index is 0.000000214. The van der Waals surface area contributed by atoms with Gasteiger partial charge in [0, 0.05) is 42.4 Å². The Hall–Kier alpha value is -6.68. The van der Waals surface area contributed by atoms with Crippen LogP contribution in [0.5, 0.6) is 11.5 Å². The van der Waals surface area contributed by atoms with Crippen LogP contribution in [0.15, 0.2) is 155 Å². The molecule has 386 valence electrons. The number of fused-ring (bicyclic) bond motifs is 4. The summed E-state index contributed by atoms with van der Waals surface area (Å²) in [6.07, 6.45) is -6.82. The summed E-state index contributed by atoms with van der Waals surface area (Å²) in [6.45, 7) is -0.328. The van der Waals surface area contributed by atoms with Gasteiger partial charge in [-0.25, -0.2) is 26.3 Å². The summed E-state index contributed by atoms with van der Waals surface area (Å²) in [5, 5.41) is 9.80. The normalized spacial score (nSPS) is 14.5. The Bertz CT molecular complexity index is 3170. The van der Waals surface area contributed by atoms with Crippen LogP contribution in [-0.2, 0) is 60.0 Å². The standard InChI is InChI=1S/C25H22F3N3O3S.C25H25F3N2O6S2/c26-25(27,28)34-21-11-13-22(14-12-21)35(32,33)30-16-18(15-29)17-31-23-7-3-1-5-19(23)9-10-20-6-2-4-8-24(20)31;1-37(31,32)36-21(16-29-38(33,34)22-14-12-20(13-15-22)35-25(26,27)28)17-30-23-8-4-2-6-18(23)10-11-19-7-3-5-9-24(19)30/h1-8,11-14,18,30H,9-10,16-17H2;2-9,12-15,21,29H,10-11,16-17H2,1H3. The second-order valence-electron chi connectivity index (χ2n) is 16.7. The van der Waals surface area contributed by atoms with Crippen LogP contribution in [0.2, 0.25) is 0 Å². The molecule has 73 heavy (non-hydrogen) atoms. The summed E-state index contributed by atoms with van der Waals surface area (Å²) in [4.78, 5) is 3.40. The van der Waals surface area contributed by atoms with E-state index in [2.05, 4.69) is 25.0 Å². The van der Waals surface area contributed by atoms with E-state index in [0.29, 0.717) is 0 Å². The minimum atomic E-state index is -4.92. The maximum Gasteiger partial charge on any atom is 0.573 e. The summed E-state index contributed by atoms with van der Waals surface area (Å²) in [7, 11) is -12.2. The molecule has 0 amide bonds. The predicted octanol–water partition coefficient (Wildman–Crippen LogP) is 9.09. The van der Waals surface area contributed by atoms with E-state index >= 15 is 0 Å². The molecule has 0 saturated carbocycles. The summed E-state index contributed by atoms with van der Waals surface area (Å²) in [6, 6.07) is 40.9. The van der Waals surface area contributed by atoms with Crippen molar-refractivity contribution >= 4 is 52.9 Å². The predicted molar refractivity (Wildman–Crippen MR) is 260 cm³/mol. The molecule has 23 heteroatoms. The number of hydrogen-bond donors (Lipinski definition) is 2. The van der Waals surface area contributed by atoms with Crippen molar-refractivity contribution in [2.45, 2.75) is 54.3 Å². The summed E-state index contributed by atoms with van der Waals surface area (Å²) in [5.41, 5.74) is 8.02. The fraction of sp³-hybridized carbons (Fsp3) is 0.260. The molecule has 0 fully saturated rings. The molecule has 2 atom stereocenters. The third-order valence-electron chi connectivity index (χ3n) is 11.5. The van der Waals surface area contributed by atoms with Crippen molar-refractivity contribution in [2.24, 2.45) is 5.92 Å². The van der Waals surface area contributed by atoms with Gasteiger partial charge in [-0.2, -0.15) is 13.7 Å². The summed E-state index contributed by atoms with van der Waals surface area (Å²) in [5.74, 6) is -1.80. The van der Waals surface area contributed by atoms with Crippen molar-refractivity contribution in [1.82, 2.24) is 9.44 Å². The average molecular weight is 1070 g/mol. The van der Waals surface area contributed by atoms with Crippen LogP contribution in [0.1, 0.15) is 22.3 Å². The van der Waals surface area contributed by atoms with Crippen LogP contribution < -0.4 is 28.7 Å². The van der Waals surface area contributed by atoms with Crippen LogP contribution in [0, 0.1) is 17.2 Å². The third-order valence-corrected chi connectivity index (χ3v) is 15.0. The van der Waals surface area contributed by atoms with E-state index in [9.17, 15) is 56.9 Å². The molecule has 8 rings (SSSR count). The molecule has 0 aromatic heterocycles. The van der Waals surface area contributed by atoms with E-state index in [-0.39, 0.29) is 29.4 Å². The lowest BCUT2D eigenvalue weighted by Crippen LogP contribution is -2.41. The molecular weight excluding hydrogens is 1020 g/mol.